The lowest BCUT2D eigenvalue weighted by Crippen LogP contribution is -2.18. The minimum Gasteiger partial charge on any atom is -0.486 e. The molecule has 5 heteroatoms. The Hall–Kier alpha value is -2.01. The molecule has 0 radical (unpaired) electrons. The Balaban J connectivity index is 1.50. The van der Waals surface area contributed by atoms with E-state index in [4.69, 9.17) is 9.47 Å². The molecule has 0 spiro atoms. The van der Waals surface area contributed by atoms with Gasteiger partial charge in [-0.1, -0.05) is 6.07 Å². The van der Waals surface area contributed by atoms with E-state index in [-0.39, 0.29) is 0 Å². The predicted octanol–water partition coefficient (Wildman–Crippen LogP) is 1.82. The molecule has 0 aliphatic carbocycles. The second kappa shape index (κ2) is 5.96. The molecule has 0 amide bonds. The zero-order valence-corrected chi connectivity index (χ0v) is 11.6. The fraction of sp³-hybridized carbons (Fsp3) is 0.400. The summed E-state index contributed by atoms with van der Waals surface area (Å²) in [6.07, 6.45) is 2.69. The van der Waals surface area contributed by atoms with Crippen molar-refractivity contribution in [2.75, 3.05) is 19.8 Å². The third kappa shape index (κ3) is 2.93. The Morgan fingerprint density at radius 1 is 1.25 bits per heavy atom. The maximum absolute atomic E-state index is 5.59. The second-order valence-corrected chi connectivity index (χ2v) is 4.88. The maximum atomic E-state index is 5.59. The van der Waals surface area contributed by atoms with Crippen molar-refractivity contribution in [2.45, 2.75) is 19.9 Å². The van der Waals surface area contributed by atoms with E-state index >= 15 is 0 Å². The van der Waals surface area contributed by atoms with E-state index in [2.05, 4.69) is 27.4 Å². The summed E-state index contributed by atoms with van der Waals surface area (Å²) in [5, 5.41) is 3.40. The van der Waals surface area contributed by atoms with Crippen LogP contribution in [0.1, 0.15) is 17.0 Å². The van der Waals surface area contributed by atoms with Gasteiger partial charge in [-0.2, -0.15) is 0 Å². The van der Waals surface area contributed by atoms with Gasteiger partial charge in [-0.3, -0.25) is 0 Å². The SMILES string of the molecule is Cc1[nH]cnc1CNCCc1ccc2c(c1)OCCO2. The van der Waals surface area contributed by atoms with Gasteiger partial charge in [-0.05, 0) is 37.6 Å². The number of aryl methyl sites for hydroxylation is 1. The number of benzene rings is 1. The molecule has 1 aromatic heterocycles. The number of H-pyrrole nitrogens is 1. The molecule has 20 heavy (non-hydrogen) atoms. The van der Waals surface area contributed by atoms with Crippen LogP contribution >= 0.6 is 0 Å². The first kappa shape index (κ1) is 13.0. The Morgan fingerprint density at radius 3 is 2.90 bits per heavy atom. The Morgan fingerprint density at radius 2 is 2.10 bits per heavy atom. The van der Waals surface area contributed by atoms with Crippen molar-refractivity contribution < 1.29 is 9.47 Å². The topological polar surface area (TPSA) is 59.2 Å². The Kier molecular flexibility index (Phi) is 3.87. The molecule has 2 heterocycles. The van der Waals surface area contributed by atoms with E-state index in [9.17, 15) is 0 Å². The minimum atomic E-state index is 0.632. The molecule has 3 rings (SSSR count). The van der Waals surface area contributed by atoms with Crippen molar-refractivity contribution in [1.29, 1.82) is 0 Å². The summed E-state index contributed by atoms with van der Waals surface area (Å²) in [5.41, 5.74) is 3.45. The number of imidazole rings is 1. The number of hydrogen-bond donors (Lipinski definition) is 2. The lowest BCUT2D eigenvalue weighted by atomic mass is 10.1. The van der Waals surface area contributed by atoms with Gasteiger partial charge >= 0.3 is 0 Å². The quantitative estimate of drug-likeness (QED) is 0.816. The highest BCUT2D eigenvalue weighted by Crippen LogP contribution is 2.30. The molecule has 1 aliphatic heterocycles. The van der Waals surface area contributed by atoms with Gasteiger partial charge in [0.1, 0.15) is 13.2 Å². The third-order valence-corrected chi connectivity index (χ3v) is 3.42. The average Bonchev–Trinajstić information content (AvgIpc) is 2.89. The van der Waals surface area contributed by atoms with Crippen molar-refractivity contribution >= 4 is 0 Å². The van der Waals surface area contributed by atoms with Crippen LogP contribution in [0.5, 0.6) is 11.5 Å². The number of aromatic amines is 1. The zero-order chi connectivity index (χ0) is 13.8. The molecule has 0 saturated heterocycles. The van der Waals surface area contributed by atoms with Crippen molar-refractivity contribution in [2.24, 2.45) is 0 Å². The van der Waals surface area contributed by atoms with Crippen LogP contribution in [0.4, 0.5) is 0 Å². The minimum absolute atomic E-state index is 0.632. The van der Waals surface area contributed by atoms with Crippen LogP contribution in [0.2, 0.25) is 0 Å². The molecule has 0 bridgehead atoms. The zero-order valence-electron chi connectivity index (χ0n) is 11.6. The average molecular weight is 273 g/mol. The summed E-state index contributed by atoms with van der Waals surface area (Å²) >= 11 is 0. The molecular formula is C15H19N3O2. The van der Waals surface area contributed by atoms with Crippen molar-refractivity contribution in [3.05, 3.63) is 41.5 Å². The highest BCUT2D eigenvalue weighted by atomic mass is 16.6. The summed E-state index contributed by atoms with van der Waals surface area (Å²) in [4.78, 5) is 7.34. The summed E-state index contributed by atoms with van der Waals surface area (Å²) < 4.78 is 11.1. The van der Waals surface area contributed by atoms with E-state index in [1.807, 2.05) is 13.0 Å². The first-order chi connectivity index (χ1) is 9.83. The number of hydrogen-bond acceptors (Lipinski definition) is 4. The van der Waals surface area contributed by atoms with E-state index in [0.29, 0.717) is 13.2 Å². The molecule has 0 saturated carbocycles. The third-order valence-electron chi connectivity index (χ3n) is 3.42. The molecular weight excluding hydrogens is 254 g/mol. The van der Waals surface area contributed by atoms with Gasteiger partial charge in [-0.25, -0.2) is 4.98 Å². The highest BCUT2D eigenvalue weighted by molar-refractivity contribution is 5.43. The largest absolute Gasteiger partial charge is 0.486 e. The van der Waals surface area contributed by atoms with Crippen LogP contribution in [0, 0.1) is 6.92 Å². The van der Waals surface area contributed by atoms with Gasteiger partial charge in [-0.15, -0.1) is 0 Å². The standard InChI is InChI=1S/C15H19N3O2/c1-11-13(18-10-17-11)9-16-5-4-12-2-3-14-15(8-12)20-7-6-19-14/h2-3,8,10,16H,4-7,9H2,1H3,(H,17,18). The Labute approximate surface area is 118 Å². The molecule has 1 aliphatic rings. The number of ether oxygens (including phenoxy) is 2. The maximum Gasteiger partial charge on any atom is 0.161 e. The van der Waals surface area contributed by atoms with Crippen LogP contribution in [0.3, 0.4) is 0 Å². The van der Waals surface area contributed by atoms with Gasteiger partial charge in [0.25, 0.3) is 0 Å². The molecule has 0 unspecified atom stereocenters. The first-order valence-electron chi connectivity index (χ1n) is 6.91. The molecule has 5 nitrogen and oxygen atoms in total. The van der Waals surface area contributed by atoms with Gasteiger partial charge in [0.2, 0.25) is 0 Å². The number of aromatic nitrogens is 2. The lowest BCUT2D eigenvalue weighted by Gasteiger charge is -2.18. The van der Waals surface area contributed by atoms with Crippen LogP contribution in [0.15, 0.2) is 24.5 Å². The predicted molar refractivity (Wildman–Crippen MR) is 76.2 cm³/mol. The molecule has 0 atom stereocenters. The summed E-state index contributed by atoms with van der Waals surface area (Å²) in [6.45, 7) is 5.00. The van der Waals surface area contributed by atoms with E-state index in [0.717, 1.165) is 42.4 Å². The molecule has 1 aromatic carbocycles. The second-order valence-electron chi connectivity index (χ2n) is 4.88. The molecule has 2 N–H and O–H groups in total. The summed E-state index contributed by atoms with van der Waals surface area (Å²) in [6, 6.07) is 6.15. The van der Waals surface area contributed by atoms with E-state index < -0.39 is 0 Å². The van der Waals surface area contributed by atoms with Crippen LogP contribution in [-0.4, -0.2) is 29.7 Å². The van der Waals surface area contributed by atoms with Crippen LogP contribution < -0.4 is 14.8 Å². The monoisotopic (exact) mass is 273 g/mol. The van der Waals surface area contributed by atoms with Gasteiger partial charge in [0.05, 0.1) is 12.0 Å². The van der Waals surface area contributed by atoms with Crippen LogP contribution in [-0.2, 0) is 13.0 Å². The molecule has 106 valence electrons. The smallest absolute Gasteiger partial charge is 0.161 e. The van der Waals surface area contributed by atoms with Gasteiger partial charge in [0.15, 0.2) is 11.5 Å². The number of nitrogens with one attached hydrogen (secondary N) is 2. The number of nitrogens with zero attached hydrogens (tertiary/aromatic N) is 1. The first-order valence-corrected chi connectivity index (χ1v) is 6.91. The van der Waals surface area contributed by atoms with E-state index in [1.165, 1.54) is 5.56 Å². The summed E-state index contributed by atoms with van der Waals surface area (Å²) in [7, 11) is 0. The van der Waals surface area contributed by atoms with Gasteiger partial charge < -0.3 is 19.8 Å². The van der Waals surface area contributed by atoms with Crippen LogP contribution in [0.25, 0.3) is 0 Å². The fourth-order valence-electron chi connectivity index (χ4n) is 2.25. The van der Waals surface area contributed by atoms with Crippen molar-refractivity contribution in [3.63, 3.8) is 0 Å². The summed E-state index contributed by atoms with van der Waals surface area (Å²) in [5.74, 6) is 1.71. The van der Waals surface area contributed by atoms with E-state index in [1.54, 1.807) is 6.33 Å². The molecule has 0 fully saturated rings. The lowest BCUT2D eigenvalue weighted by molar-refractivity contribution is 0.171. The van der Waals surface area contributed by atoms with Crippen molar-refractivity contribution in [3.8, 4) is 11.5 Å². The molecule has 2 aromatic rings. The Bertz CT molecular complexity index is 580. The fourth-order valence-corrected chi connectivity index (χ4v) is 2.25. The highest BCUT2D eigenvalue weighted by Gasteiger charge is 2.11. The van der Waals surface area contributed by atoms with Crippen molar-refractivity contribution in [1.82, 2.24) is 15.3 Å². The van der Waals surface area contributed by atoms with Gasteiger partial charge in [0, 0.05) is 12.2 Å². The number of rotatable bonds is 5. The normalized spacial score (nSPS) is 13.4. The number of fused-ring (bicyclic) bond motifs is 1.